The molecule has 10 heteroatoms. The van der Waals surface area contributed by atoms with Gasteiger partial charge in [-0.3, -0.25) is 9.59 Å². The van der Waals surface area contributed by atoms with E-state index in [1.54, 1.807) is 16.9 Å². The van der Waals surface area contributed by atoms with Gasteiger partial charge in [-0.15, -0.1) is 0 Å². The van der Waals surface area contributed by atoms with Crippen molar-refractivity contribution < 1.29 is 28.6 Å². The van der Waals surface area contributed by atoms with E-state index in [0.29, 0.717) is 49.7 Å². The van der Waals surface area contributed by atoms with E-state index < -0.39 is 17.6 Å². The number of ether oxygens (including phenoxy) is 3. The monoisotopic (exact) mass is 654 g/mol. The van der Waals surface area contributed by atoms with Crippen LogP contribution in [0.3, 0.4) is 0 Å². The van der Waals surface area contributed by atoms with E-state index in [4.69, 9.17) is 19.9 Å². The first-order chi connectivity index (χ1) is 23.0. The lowest BCUT2D eigenvalue weighted by Gasteiger charge is -2.41. The third-order valence-corrected chi connectivity index (χ3v) is 9.16. The van der Waals surface area contributed by atoms with Crippen molar-refractivity contribution in [2.75, 3.05) is 55.5 Å². The molecule has 254 valence electrons. The van der Waals surface area contributed by atoms with Gasteiger partial charge in [0, 0.05) is 50.8 Å². The lowest BCUT2D eigenvalue weighted by atomic mass is 9.78. The van der Waals surface area contributed by atoms with Crippen LogP contribution in [0.1, 0.15) is 57.9 Å². The zero-order valence-electron chi connectivity index (χ0n) is 28.3. The molecule has 0 aromatic heterocycles. The Kier molecular flexibility index (Phi) is 9.64. The highest BCUT2D eigenvalue weighted by Crippen LogP contribution is 2.43. The molecule has 6 rings (SSSR count). The van der Waals surface area contributed by atoms with Crippen LogP contribution in [0.4, 0.5) is 21.9 Å². The number of anilines is 3. The molecular weight excluding hydrogens is 608 g/mol. The van der Waals surface area contributed by atoms with E-state index >= 15 is 0 Å². The number of nitrogens with two attached hydrogens (primary N) is 1. The van der Waals surface area contributed by atoms with Gasteiger partial charge in [0.2, 0.25) is 5.91 Å². The summed E-state index contributed by atoms with van der Waals surface area (Å²) in [6.45, 7) is 7.25. The molecule has 2 N–H and O–H groups in total. The standard InChI is InChI=1S/C38H46N4O6/c1-38(2,3)48-37(45)40-18-16-31(27-10-5-8-25(20-27)26-9-6-11-28(39)21-26)32(23-40)36(44)42(29-12-13-29)30-14-15-34-33(22-30)41(17-7-19-46-4)35(43)24-47-34/h5-6,8-11,14-15,20-22,29,31-32H,7,12-13,16-19,23-24,39H2,1-4H3/t31-,32+/m1/s1. The molecule has 0 unspecified atom stereocenters. The van der Waals surface area contributed by atoms with Crippen LogP contribution in [0.25, 0.3) is 11.1 Å². The van der Waals surface area contributed by atoms with Gasteiger partial charge in [0.25, 0.3) is 5.91 Å². The molecule has 10 nitrogen and oxygen atoms in total. The topological polar surface area (TPSA) is 115 Å². The Bertz CT molecular complexity index is 1660. The normalized spacial score (nSPS) is 19.4. The fourth-order valence-electron chi connectivity index (χ4n) is 6.74. The second-order valence-electron chi connectivity index (χ2n) is 14.0. The van der Waals surface area contributed by atoms with Gasteiger partial charge in [-0.05, 0) is 99.4 Å². The maximum atomic E-state index is 14.9. The van der Waals surface area contributed by atoms with Crippen molar-refractivity contribution >= 4 is 35.0 Å². The summed E-state index contributed by atoms with van der Waals surface area (Å²) in [5.74, 6) is -0.204. The summed E-state index contributed by atoms with van der Waals surface area (Å²) in [6, 6.07) is 21.8. The molecule has 3 amide bonds. The van der Waals surface area contributed by atoms with Crippen LogP contribution in [0.15, 0.2) is 66.7 Å². The van der Waals surface area contributed by atoms with Gasteiger partial charge in [-0.1, -0.05) is 36.4 Å². The van der Waals surface area contributed by atoms with Crippen LogP contribution in [-0.4, -0.2) is 74.4 Å². The van der Waals surface area contributed by atoms with Gasteiger partial charge in [0.15, 0.2) is 6.61 Å². The van der Waals surface area contributed by atoms with Gasteiger partial charge in [-0.2, -0.15) is 0 Å². The zero-order chi connectivity index (χ0) is 34.0. The largest absolute Gasteiger partial charge is 0.482 e. The van der Waals surface area contributed by atoms with E-state index in [0.717, 1.165) is 35.2 Å². The Morgan fingerprint density at radius 3 is 2.46 bits per heavy atom. The lowest BCUT2D eigenvalue weighted by molar-refractivity contribution is -0.124. The predicted octanol–water partition coefficient (Wildman–Crippen LogP) is 6.23. The minimum Gasteiger partial charge on any atom is -0.482 e. The molecule has 1 saturated heterocycles. The third-order valence-electron chi connectivity index (χ3n) is 9.16. The summed E-state index contributed by atoms with van der Waals surface area (Å²) in [5, 5.41) is 0. The Balaban J connectivity index is 1.35. The summed E-state index contributed by atoms with van der Waals surface area (Å²) in [5.41, 5.74) is 10.6. The third kappa shape index (κ3) is 7.44. The van der Waals surface area contributed by atoms with Gasteiger partial charge < -0.3 is 34.6 Å². The predicted molar refractivity (Wildman–Crippen MR) is 186 cm³/mol. The molecule has 3 aliphatic rings. The van der Waals surface area contributed by atoms with Gasteiger partial charge in [0.05, 0.1) is 11.6 Å². The number of benzene rings is 3. The Morgan fingerprint density at radius 2 is 1.75 bits per heavy atom. The van der Waals surface area contributed by atoms with Gasteiger partial charge in [0.1, 0.15) is 11.4 Å². The van der Waals surface area contributed by atoms with E-state index in [-0.39, 0.29) is 36.9 Å². The maximum absolute atomic E-state index is 14.9. The van der Waals surface area contributed by atoms with Crippen molar-refractivity contribution in [3.8, 4) is 16.9 Å². The molecule has 0 bridgehead atoms. The van der Waals surface area contributed by atoms with Gasteiger partial charge >= 0.3 is 6.09 Å². The van der Waals surface area contributed by atoms with Crippen LogP contribution in [0.2, 0.25) is 0 Å². The molecule has 2 fully saturated rings. The number of nitrogen functional groups attached to an aromatic ring is 1. The molecule has 0 spiro atoms. The molecule has 1 aliphatic carbocycles. The number of piperidine rings is 1. The number of hydrogen-bond donors (Lipinski definition) is 1. The van der Waals surface area contributed by atoms with Crippen molar-refractivity contribution in [3.05, 3.63) is 72.3 Å². The first kappa shape index (κ1) is 33.3. The highest BCUT2D eigenvalue weighted by Gasteiger charge is 2.44. The molecular formula is C38H46N4O6. The van der Waals surface area contributed by atoms with E-state index in [1.165, 1.54) is 0 Å². The maximum Gasteiger partial charge on any atom is 0.410 e. The molecule has 1 saturated carbocycles. The number of carbonyl (C=O) groups excluding carboxylic acids is 3. The molecule has 0 radical (unpaired) electrons. The summed E-state index contributed by atoms with van der Waals surface area (Å²) in [6.07, 6.45) is 2.63. The van der Waals surface area contributed by atoms with Crippen LogP contribution in [-0.2, 0) is 19.1 Å². The molecule has 48 heavy (non-hydrogen) atoms. The number of likely N-dealkylation sites (tertiary alicyclic amines) is 1. The SMILES string of the molecule is COCCCN1C(=O)COc2ccc(N(C(=O)[C@H]3CN(C(=O)OC(C)(C)C)CC[C@@H]3c3cccc(-c4cccc(N)c4)c3)C3CC3)cc21. The van der Waals surface area contributed by atoms with Crippen LogP contribution in [0, 0.1) is 5.92 Å². The number of nitrogens with zero attached hydrogens (tertiary/aromatic N) is 3. The molecule has 3 aromatic carbocycles. The quantitative estimate of drug-likeness (QED) is 0.215. The number of hydrogen-bond acceptors (Lipinski definition) is 7. The summed E-state index contributed by atoms with van der Waals surface area (Å²) < 4.78 is 16.8. The zero-order valence-corrected chi connectivity index (χ0v) is 28.3. The van der Waals surface area contributed by atoms with E-state index in [9.17, 15) is 14.4 Å². The number of rotatable bonds is 9. The fourth-order valence-corrected chi connectivity index (χ4v) is 6.74. The molecule has 3 aromatic rings. The van der Waals surface area contributed by atoms with E-state index in [1.807, 2.05) is 74.2 Å². The Hall–Kier alpha value is -4.57. The summed E-state index contributed by atoms with van der Waals surface area (Å²) in [4.78, 5) is 46.5. The van der Waals surface area contributed by atoms with Crippen molar-refractivity contribution in [2.24, 2.45) is 5.92 Å². The van der Waals surface area contributed by atoms with E-state index in [2.05, 4.69) is 18.2 Å². The fraction of sp³-hybridized carbons (Fsp3) is 0.447. The van der Waals surface area contributed by atoms with Crippen molar-refractivity contribution in [1.29, 1.82) is 0 Å². The highest BCUT2D eigenvalue weighted by molar-refractivity contribution is 6.01. The van der Waals surface area contributed by atoms with Crippen molar-refractivity contribution in [3.63, 3.8) is 0 Å². The van der Waals surface area contributed by atoms with Crippen LogP contribution < -0.4 is 20.3 Å². The Morgan fingerprint density at radius 1 is 1.00 bits per heavy atom. The van der Waals surface area contributed by atoms with Crippen molar-refractivity contribution in [2.45, 2.75) is 64.0 Å². The molecule has 2 heterocycles. The van der Waals surface area contributed by atoms with Crippen LogP contribution >= 0.6 is 0 Å². The number of fused-ring (bicyclic) bond motifs is 1. The molecule has 2 aliphatic heterocycles. The minimum atomic E-state index is -0.656. The highest BCUT2D eigenvalue weighted by atomic mass is 16.6. The average Bonchev–Trinajstić information content (AvgIpc) is 3.90. The minimum absolute atomic E-state index is 0.0243. The lowest BCUT2D eigenvalue weighted by Crippen LogP contribution is -2.51. The van der Waals surface area contributed by atoms with Crippen LogP contribution in [0.5, 0.6) is 5.75 Å². The first-order valence-corrected chi connectivity index (χ1v) is 16.9. The summed E-state index contributed by atoms with van der Waals surface area (Å²) >= 11 is 0. The van der Waals surface area contributed by atoms with Gasteiger partial charge in [-0.25, -0.2) is 4.79 Å². The molecule has 2 atom stereocenters. The average molecular weight is 655 g/mol. The second kappa shape index (κ2) is 13.9. The smallest absolute Gasteiger partial charge is 0.410 e. The first-order valence-electron chi connectivity index (χ1n) is 16.9. The van der Waals surface area contributed by atoms with Crippen molar-refractivity contribution in [1.82, 2.24) is 4.90 Å². The number of methoxy groups -OCH3 is 1. The Labute approximate surface area is 282 Å². The second-order valence-corrected chi connectivity index (χ2v) is 14.0. The number of carbonyl (C=O) groups is 3. The summed E-state index contributed by atoms with van der Waals surface area (Å²) in [7, 11) is 1.64. The number of amides is 3.